The summed E-state index contributed by atoms with van der Waals surface area (Å²) in [5, 5.41) is 4.33. The second-order valence-corrected chi connectivity index (χ2v) is 7.64. The SMILES string of the molecule is CC[C@@]1([C@@H](Nc2ccc(Cl)cc2)c2ccccc2)C(=O)N(C)c2ccccc21. The van der Waals surface area contributed by atoms with Crippen molar-refractivity contribution in [1.29, 1.82) is 0 Å². The molecule has 28 heavy (non-hydrogen) atoms. The van der Waals surface area contributed by atoms with Crippen molar-refractivity contribution in [2.45, 2.75) is 24.8 Å². The summed E-state index contributed by atoms with van der Waals surface area (Å²) in [5.74, 6) is 0.117. The molecule has 0 saturated heterocycles. The maximum atomic E-state index is 13.6. The lowest BCUT2D eigenvalue weighted by Gasteiger charge is -2.37. The Hall–Kier alpha value is -2.78. The van der Waals surface area contributed by atoms with Gasteiger partial charge in [0.15, 0.2) is 0 Å². The molecule has 4 heteroatoms. The number of anilines is 2. The van der Waals surface area contributed by atoms with Gasteiger partial charge in [-0.1, -0.05) is 67.1 Å². The van der Waals surface area contributed by atoms with E-state index in [9.17, 15) is 4.79 Å². The van der Waals surface area contributed by atoms with Crippen LogP contribution in [0, 0.1) is 0 Å². The molecule has 4 rings (SSSR count). The number of fused-ring (bicyclic) bond motifs is 1. The summed E-state index contributed by atoms with van der Waals surface area (Å²) < 4.78 is 0. The first-order valence-electron chi connectivity index (χ1n) is 9.52. The third kappa shape index (κ3) is 2.87. The number of amides is 1. The van der Waals surface area contributed by atoms with E-state index in [1.54, 1.807) is 4.90 Å². The Labute approximate surface area is 171 Å². The average Bonchev–Trinajstić information content (AvgIpc) is 2.96. The van der Waals surface area contributed by atoms with Crippen molar-refractivity contribution < 1.29 is 4.79 Å². The highest BCUT2D eigenvalue weighted by atomic mass is 35.5. The maximum absolute atomic E-state index is 13.6. The number of rotatable bonds is 5. The van der Waals surface area contributed by atoms with Crippen molar-refractivity contribution >= 4 is 28.9 Å². The minimum Gasteiger partial charge on any atom is -0.377 e. The number of nitrogens with zero attached hydrogens (tertiary/aromatic N) is 1. The molecule has 3 nitrogen and oxygen atoms in total. The van der Waals surface area contributed by atoms with Crippen LogP contribution < -0.4 is 10.2 Å². The minimum absolute atomic E-state index is 0.117. The number of hydrogen-bond donors (Lipinski definition) is 1. The van der Waals surface area contributed by atoms with E-state index < -0.39 is 5.41 Å². The molecule has 1 aliphatic rings. The second kappa shape index (κ2) is 7.33. The molecule has 0 saturated carbocycles. The topological polar surface area (TPSA) is 32.3 Å². The number of nitrogens with one attached hydrogen (secondary N) is 1. The Bertz CT molecular complexity index is 987. The van der Waals surface area contributed by atoms with E-state index >= 15 is 0 Å². The van der Waals surface area contributed by atoms with Gasteiger partial charge in [-0.15, -0.1) is 0 Å². The van der Waals surface area contributed by atoms with Gasteiger partial charge in [0, 0.05) is 23.4 Å². The number of para-hydroxylation sites is 1. The zero-order valence-corrected chi connectivity index (χ0v) is 16.8. The Morgan fingerprint density at radius 2 is 1.61 bits per heavy atom. The van der Waals surface area contributed by atoms with Crippen LogP contribution in [0.1, 0.15) is 30.5 Å². The van der Waals surface area contributed by atoms with E-state index in [0.29, 0.717) is 11.4 Å². The van der Waals surface area contributed by atoms with Crippen LogP contribution in [0.5, 0.6) is 0 Å². The van der Waals surface area contributed by atoms with Crippen LogP contribution in [-0.4, -0.2) is 13.0 Å². The van der Waals surface area contributed by atoms with E-state index in [1.807, 2.05) is 67.7 Å². The number of halogens is 1. The molecule has 0 fully saturated rings. The average molecular weight is 391 g/mol. The van der Waals surface area contributed by atoms with Gasteiger partial charge < -0.3 is 10.2 Å². The van der Waals surface area contributed by atoms with Gasteiger partial charge in [-0.05, 0) is 47.9 Å². The first-order valence-corrected chi connectivity index (χ1v) is 9.90. The van der Waals surface area contributed by atoms with Crippen molar-refractivity contribution in [1.82, 2.24) is 0 Å². The maximum Gasteiger partial charge on any atom is 0.239 e. The highest BCUT2D eigenvalue weighted by Crippen LogP contribution is 2.51. The van der Waals surface area contributed by atoms with Crippen LogP contribution in [0.2, 0.25) is 5.02 Å². The summed E-state index contributed by atoms with van der Waals surface area (Å²) in [5.41, 5.74) is 3.38. The number of benzene rings is 3. The van der Waals surface area contributed by atoms with Gasteiger partial charge in [0.05, 0.1) is 6.04 Å². The number of likely N-dealkylation sites (N-methyl/N-ethyl adjacent to an activating group) is 1. The van der Waals surface area contributed by atoms with Crippen LogP contribution in [0.15, 0.2) is 78.9 Å². The predicted octanol–water partition coefficient (Wildman–Crippen LogP) is 5.82. The number of hydrogen-bond acceptors (Lipinski definition) is 2. The number of carbonyl (C=O) groups is 1. The molecular weight excluding hydrogens is 368 g/mol. The predicted molar refractivity (Wildman–Crippen MR) is 116 cm³/mol. The molecule has 0 bridgehead atoms. The first kappa shape index (κ1) is 18.6. The lowest BCUT2D eigenvalue weighted by molar-refractivity contribution is -0.123. The van der Waals surface area contributed by atoms with Crippen molar-refractivity contribution in [2.24, 2.45) is 0 Å². The fourth-order valence-electron chi connectivity index (χ4n) is 4.34. The highest BCUT2D eigenvalue weighted by Gasteiger charge is 2.54. The molecule has 3 aromatic carbocycles. The molecule has 1 amide bonds. The lowest BCUT2D eigenvalue weighted by atomic mass is 9.70. The monoisotopic (exact) mass is 390 g/mol. The molecule has 1 heterocycles. The fraction of sp³-hybridized carbons (Fsp3) is 0.208. The summed E-state index contributed by atoms with van der Waals surface area (Å²) in [6, 6.07) is 25.7. The van der Waals surface area contributed by atoms with Crippen LogP contribution in [0.3, 0.4) is 0 Å². The van der Waals surface area contributed by atoms with E-state index in [0.717, 1.165) is 22.5 Å². The first-order chi connectivity index (χ1) is 13.6. The third-order valence-electron chi connectivity index (χ3n) is 5.77. The molecule has 1 aliphatic heterocycles. The summed E-state index contributed by atoms with van der Waals surface area (Å²) >= 11 is 6.07. The smallest absolute Gasteiger partial charge is 0.239 e. The standard InChI is InChI=1S/C24H23ClN2O/c1-3-24(20-11-7-8-12-21(20)27(2)23(24)28)22(17-9-5-4-6-10-17)26-19-15-13-18(25)14-16-19/h4-16,22,26H,3H2,1-2H3/t22-,24+/m0/s1. The van der Waals surface area contributed by atoms with E-state index in [4.69, 9.17) is 11.6 Å². The molecule has 0 radical (unpaired) electrons. The molecule has 0 aliphatic carbocycles. The zero-order chi connectivity index (χ0) is 19.7. The molecule has 0 spiro atoms. The Morgan fingerprint density at radius 3 is 2.29 bits per heavy atom. The van der Waals surface area contributed by atoms with Gasteiger partial charge in [0.1, 0.15) is 5.41 Å². The summed E-state index contributed by atoms with van der Waals surface area (Å²) in [7, 11) is 1.86. The molecule has 1 N–H and O–H groups in total. The molecular formula is C24H23ClN2O. The molecule has 0 unspecified atom stereocenters. The van der Waals surface area contributed by atoms with Crippen molar-refractivity contribution in [3.05, 3.63) is 95.0 Å². The van der Waals surface area contributed by atoms with Gasteiger partial charge in [-0.25, -0.2) is 0 Å². The normalized spacial score (nSPS) is 19.4. The van der Waals surface area contributed by atoms with Gasteiger partial charge in [-0.2, -0.15) is 0 Å². The minimum atomic E-state index is -0.688. The van der Waals surface area contributed by atoms with Gasteiger partial charge >= 0.3 is 0 Å². The van der Waals surface area contributed by atoms with Crippen molar-refractivity contribution in [3.8, 4) is 0 Å². The van der Waals surface area contributed by atoms with Crippen LogP contribution in [0.25, 0.3) is 0 Å². The van der Waals surface area contributed by atoms with Gasteiger partial charge in [0.2, 0.25) is 5.91 Å². The summed E-state index contributed by atoms with van der Waals surface area (Å²) in [6.45, 7) is 2.09. The van der Waals surface area contributed by atoms with Crippen molar-refractivity contribution in [3.63, 3.8) is 0 Å². The molecule has 2 atom stereocenters. The Kier molecular flexibility index (Phi) is 4.86. The molecule has 0 aromatic heterocycles. The Morgan fingerprint density at radius 1 is 0.964 bits per heavy atom. The zero-order valence-electron chi connectivity index (χ0n) is 16.0. The van der Waals surface area contributed by atoms with E-state index in [-0.39, 0.29) is 11.9 Å². The van der Waals surface area contributed by atoms with Crippen LogP contribution in [0.4, 0.5) is 11.4 Å². The van der Waals surface area contributed by atoms with Gasteiger partial charge in [-0.3, -0.25) is 4.79 Å². The Balaban J connectivity index is 1.89. The quantitative estimate of drug-likeness (QED) is 0.595. The lowest BCUT2D eigenvalue weighted by Crippen LogP contribution is -2.45. The highest BCUT2D eigenvalue weighted by molar-refractivity contribution is 6.30. The summed E-state index contributed by atoms with van der Waals surface area (Å²) in [4.78, 5) is 15.4. The molecule has 3 aromatic rings. The van der Waals surface area contributed by atoms with Crippen LogP contribution >= 0.6 is 11.6 Å². The second-order valence-electron chi connectivity index (χ2n) is 7.20. The van der Waals surface area contributed by atoms with Gasteiger partial charge in [0.25, 0.3) is 0 Å². The van der Waals surface area contributed by atoms with Crippen molar-refractivity contribution in [2.75, 3.05) is 17.3 Å². The van der Waals surface area contributed by atoms with E-state index in [2.05, 4.69) is 30.4 Å². The van der Waals surface area contributed by atoms with Crippen LogP contribution in [-0.2, 0) is 10.2 Å². The summed E-state index contributed by atoms with van der Waals surface area (Å²) in [6.07, 6.45) is 0.688. The third-order valence-corrected chi connectivity index (χ3v) is 6.02. The largest absolute Gasteiger partial charge is 0.377 e. The fourth-order valence-corrected chi connectivity index (χ4v) is 4.47. The van der Waals surface area contributed by atoms with E-state index in [1.165, 1.54) is 0 Å². The molecule has 142 valence electrons. The number of carbonyl (C=O) groups excluding carboxylic acids is 1.